The molecule has 1 N–H and O–H groups in total. The highest BCUT2D eigenvalue weighted by atomic mass is 15.0. The minimum Gasteiger partial charge on any atom is -0.350 e. The van der Waals surface area contributed by atoms with Crippen molar-refractivity contribution in [3.05, 3.63) is 24.0 Å². The van der Waals surface area contributed by atoms with Crippen LogP contribution in [0.4, 0.5) is 0 Å². The molecular formula is C16H28N2. The summed E-state index contributed by atoms with van der Waals surface area (Å²) in [5.41, 5.74) is 1.97. The van der Waals surface area contributed by atoms with Crippen LogP contribution in [0.1, 0.15) is 58.1 Å². The second kappa shape index (κ2) is 6.42. The molecule has 1 aliphatic carbocycles. The Morgan fingerprint density at radius 2 is 2.06 bits per heavy atom. The molecule has 1 saturated carbocycles. The molecule has 102 valence electrons. The molecule has 1 aromatic heterocycles. The Labute approximate surface area is 112 Å². The Kier molecular flexibility index (Phi) is 4.87. The van der Waals surface area contributed by atoms with Crippen LogP contribution in [0.5, 0.6) is 0 Å². The predicted octanol–water partition coefficient (Wildman–Crippen LogP) is 3.96. The lowest BCUT2D eigenvalue weighted by Crippen LogP contribution is -2.33. The molecule has 0 spiro atoms. The van der Waals surface area contributed by atoms with Crippen LogP contribution in [-0.4, -0.2) is 11.1 Å². The van der Waals surface area contributed by atoms with Crippen molar-refractivity contribution in [3.8, 4) is 0 Å². The molecular weight excluding hydrogens is 220 g/mol. The van der Waals surface area contributed by atoms with E-state index in [1.807, 2.05) is 0 Å². The van der Waals surface area contributed by atoms with E-state index in [0.29, 0.717) is 5.41 Å². The van der Waals surface area contributed by atoms with Crippen molar-refractivity contribution >= 4 is 0 Å². The molecule has 1 aromatic rings. The van der Waals surface area contributed by atoms with Gasteiger partial charge in [0, 0.05) is 31.5 Å². The van der Waals surface area contributed by atoms with Crippen LogP contribution < -0.4 is 5.32 Å². The highest BCUT2D eigenvalue weighted by molar-refractivity contribution is 5.07. The number of hydrogen-bond acceptors (Lipinski definition) is 1. The molecule has 1 fully saturated rings. The fraction of sp³-hybridized carbons (Fsp3) is 0.750. The number of aromatic nitrogens is 1. The van der Waals surface area contributed by atoms with Crippen LogP contribution in [0.25, 0.3) is 0 Å². The summed E-state index contributed by atoms with van der Waals surface area (Å²) in [5, 5.41) is 3.68. The topological polar surface area (TPSA) is 17.0 Å². The van der Waals surface area contributed by atoms with Gasteiger partial charge in [-0.05, 0) is 36.8 Å². The van der Waals surface area contributed by atoms with Crippen LogP contribution in [0.2, 0.25) is 0 Å². The SMILES string of the molecule is CCCn1cccc1CNCC1(C)CCCCC1. The van der Waals surface area contributed by atoms with Crippen molar-refractivity contribution in [2.24, 2.45) is 5.41 Å². The monoisotopic (exact) mass is 248 g/mol. The van der Waals surface area contributed by atoms with Crippen molar-refractivity contribution < 1.29 is 0 Å². The summed E-state index contributed by atoms with van der Waals surface area (Å²) >= 11 is 0. The van der Waals surface area contributed by atoms with Crippen molar-refractivity contribution in [1.29, 1.82) is 0 Å². The van der Waals surface area contributed by atoms with Crippen molar-refractivity contribution in [3.63, 3.8) is 0 Å². The Morgan fingerprint density at radius 1 is 1.28 bits per heavy atom. The van der Waals surface area contributed by atoms with E-state index in [1.54, 1.807) is 0 Å². The standard InChI is InChI=1S/C16H28N2/c1-3-11-18-12-7-8-15(18)13-17-14-16(2)9-5-4-6-10-16/h7-8,12,17H,3-6,9-11,13-14H2,1-2H3. The van der Waals surface area contributed by atoms with E-state index < -0.39 is 0 Å². The first-order valence-electron chi connectivity index (χ1n) is 7.58. The molecule has 0 aromatic carbocycles. The zero-order valence-electron chi connectivity index (χ0n) is 12.0. The Morgan fingerprint density at radius 3 is 2.78 bits per heavy atom. The van der Waals surface area contributed by atoms with Crippen LogP contribution in [0.3, 0.4) is 0 Å². The third-order valence-electron chi connectivity index (χ3n) is 4.31. The summed E-state index contributed by atoms with van der Waals surface area (Å²) in [5.74, 6) is 0. The van der Waals surface area contributed by atoms with Gasteiger partial charge in [-0.25, -0.2) is 0 Å². The van der Waals surface area contributed by atoms with E-state index >= 15 is 0 Å². The Balaban J connectivity index is 1.78. The molecule has 2 nitrogen and oxygen atoms in total. The van der Waals surface area contributed by atoms with Crippen LogP contribution >= 0.6 is 0 Å². The first-order chi connectivity index (χ1) is 8.73. The predicted molar refractivity (Wildman–Crippen MR) is 77.6 cm³/mol. The van der Waals surface area contributed by atoms with Gasteiger partial charge in [0.05, 0.1) is 0 Å². The number of nitrogens with zero attached hydrogens (tertiary/aromatic N) is 1. The summed E-state index contributed by atoms with van der Waals surface area (Å²) in [6, 6.07) is 4.40. The maximum absolute atomic E-state index is 3.68. The number of hydrogen-bond donors (Lipinski definition) is 1. The van der Waals surface area contributed by atoms with Crippen molar-refractivity contribution in [2.45, 2.75) is 65.5 Å². The van der Waals surface area contributed by atoms with E-state index in [1.165, 1.54) is 50.8 Å². The van der Waals surface area contributed by atoms with Gasteiger partial charge in [0.25, 0.3) is 0 Å². The van der Waals surface area contributed by atoms with E-state index in [9.17, 15) is 0 Å². The van der Waals surface area contributed by atoms with E-state index in [-0.39, 0.29) is 0 Å². The quantitative estimate of drug-likeness (QED) is 0.806. The van der Waals surface area contributed by atoms with Gasteiger partial charge >= 0.3 is 0 Å². The molecule has 0 unspecified atom stereocenters. The first-order valence-corrected chi connectivity index (χ1v) is 7.58. The zero-order valence-corrected chi connectivity index (χ0v) is 12.0. The van der Waals surface area contributed by atoms with Crippen LogP contribution in [-0.2, 0) is 13.1 Å². The minimum atomic E-state index is 0.542. The molecule has 0 saturated heterocycles. The minimum absolute atomic E-state index is 0.542. The Bertz CT molecular complexity index is 348. The van der Waals surface area contributed by atoms with Crippen molar-refractivity contribution in [1.82, 2.24) is 9.88 Å². The summed E-state index contributed by atoms with van der Waals surface area (Å²) in [4.78, 5) is 0. The summed E-state index contributed by atoms with van der Waals surface area (Å²) in [6.07, 6.45) is 10.5. The molecule has 1 aliphatic rings. The van der Waals surface area contributed by atoms with Crippen molar-refractivity contribution in [2.75, 3.05) is 6.54 Å². The van der Waals surface area contributed by atoms with E-state index in [4.69, 9.17) is 0 Å². The third kappa shape index (κ3) is 3.61. The van der Waals surface area contributed by atoms with Gasteiger partial charge in [-0.1, -0.05) is 33.1 Å². The lowest BCUT2D eigenvalue weighted by atomic mass is 9.76. The second-order valence-corrected chi connectivity index (χ2v) is 6.17. The van der Waals surface area contributed by atoms with E-state index in [0.717, 1.165) is 13.1 Å². The highest BCUT2D eigenvalue weighted by Crippen LogP contribution is 2.34. The summed E-state index contributed by atoms with van der Waals surface area (Å²) < 4.78 is 2.37. The van der Waals surface area contributed by atoms with Gasteiger partial charge in [-0.2, -0.15) is 0 Å². The maximum Gasteiger partial charge on any atom is 0.0359 e. The van der Waals surface area contributed by atoms with Gasteiger partial charge < -0.3 is 9.88 Å². The fourth-order valence-corrected chi connectivity index (χ4v) is 3.14. The lowest BCUT2D eigenvalue weighted by Gasteiger charge is -2.33. The summed E-state index contributed by atoms with van der Waals surface area (Å²) in [7, 11) is 0. The summed E-state index contributed by atoms with van der Waals surface area (Å²) in [6.45, 7) is 8.01. The Hall–Kier alpha value is -0.760. The van der Waals surface area contributed by atoms with Gasteiger partial charge in [0.15, 0.2) is 0 Å². The van der Waals surface area contributed by atoms with Gasteiger partial charge in [0.1, 0.15) is 0 Å². The van der Waals surface area contributed by atoms with Crippen LogP contribution in [0.15, 0.2) is 18.3 Å². The number of nitrogens with one attached hydrogen (secondary N) is 1. The van der Waals surface area contributed by atoms with Gasteiger partial charge in [-0.3, -0.25) is 0 Å². The van der Waals surface area contributed by atoms with Gasteiger partial charge in [0.2, 0.25) is 0 Å². The molecule has 0 bridgehead atoms. The molecule has 0 atom stereocenters. The zero-order chi connectivity index (χ0) is 12.8. The van der Waals surface area contributed by atoms with E-state index in [2.05, 4.69) is 42.1 Å². The lowest BCUT2D eigenvalue weighted by molar-refractivity contribution is 0.207. The molecule has 18 heavy (non-hydrogen) atoms. The average molecular weight is 248 g/mol. The largest absolute Gasteiger partial charge is 0.350 e. The molecule has 0 radical (unpaired) electrons. The molecule has 0 amide bonds. The number of rotatable bonds is 6. The maximum atomic E-state index is 3.68. The average Bonchev–Trinajstić information content (AvgIpc) is 2.78. The van der Waals surface area contributed by atoms with Gasteiger partial charge in [-0.15, -0.1) is 0 Å². The second-order valence-electron chi connectivity index (χ2n) is 6.17. The third-order valence-corrected chi connectivity index (χ3v) is 4.31. The normalized spacial score (nSPS) is 19.0. The molecule has 1 heterocycles. The molecule has 2 rings (SSSR count). The molecule has 0 aliphatic heterocycles. The number of aryl methyl sites for hydroxylation is 1. The first kappa shape index (κ1) is 13.7. The molecule has 2 heteroatoms. The fourth-order valence-electron chi connectivity index (χ4n) is 3.14. The highest BCUT2D eigenvalue weighted by Gasteiger charge is 2.25. The van der Waals surface area contributed by atoms with Crippen LogP contribution in [0, 0.1) is 5.41 Å². The smallest absolute Gasteiger partial charge is 0.0359 e.